The highest BCUT2D eigenvalue weighted by Gasteiger charge is 2.13. The summed E-state index contributed by atoms with van der Waals surface area (Å²) in [6.07, 6.45) is 0. The van der Waals surface area contributed by atoms with Crippen LogP contribution >= 0.6 is 11.6 Å². The van der Waals surface area contributed by atoms with Gasteiger partial charge in [0.05, 0.1) is 29.0 Å². The van der Waals surface area contributed by atoms with E-state index >= 15 is 0 Å². The molecule has 0 aliphatic carbocycles. The molecular formula is C20H16ClN5O. The Morgan fingerprint density at radius 1 is 1.07 bits per heavy atom. The number of rotatable bonds is 6. The monoisotopic (exact) mass is 377 g/mol. The average molecular weight is 378 g/mol. The van der Waals surface area contributed by atoms with Crippen LogP contribution in [0.15, 0.2) is 42.5 Å². The minimum Gasteiger partial charge on any atom is -0.453 e. The molecule has 7 heteroatoms. The Bertz CT molecular complexity index is 1030. The van der Waals surface area contributed by atoms with Crippen molar-refractivity contribution < 1.29 is 4.74 Å². The number of nitrogens with one attached hydrogen (secondary N) is 2. The lowest BCUT2D eigenvalue weighted by molar-refractivity contribution is 0.469. The molecule has 2 N–H and O–H groups in total. The van der Waals surface area contributed by atoms with E-state index in [1.807, 2.05) is 19.1 Å². The molecule has 0 atom stereocenters. The molecule has 6 nitrogen and oxygen atoms in total. The first-order valence-electron chi connectivity index (χ1n) is 8.21. The zero-order valence-corrected chi connectivity index (χ0v) is 15.3. The first kappa shape index (κ1) is 18.5. The van der Waals surface area contributed by atoms with Crippen molar-refractivity contribution in [1.82, 2.24) is 15.5 Å². The van der Waals surface area contributed by atoms with Gasteiger partial charge in [0.1, 0.15) is 11.4 Å². The van der Waals surface area contributed by atoms with Crippen molar-refractivity contribution in [3.63, 3.8) is 0 Å². The van der Waals surface area contributed by atoms with Gasteiger partial charge in [-0.3, -0.25) is 5.10 Å². The van der Waals surface area contributed by atoms with Crippen LogP contribution in [0.1, 0.15) is 28.1 Å². The first-order chi connectivity index (χ1) is 13.1. The van der Waals surface area contributed by atoms with Crippen LogP contribution in [0.4, 0.5) is 0 Å². The molecule has 1 heterocycles. The third-order valence-corrected chi connectivity index (χ3v) is 4.10. The van der Waals surface area contributed by atoms with Crippen LogP contribution in [-0.2, 0) is 13.1 Å². The van der Waals surface area contributed by atoms with Gasteiger partial charge in [0.25, 0.3) is 0 Å². The Labute approximate surface area is 162 Å². The number of hydrogen-bond acceptors (Lipinski definition) is 5. The molecule has 0 radical (unpaired) electrons. The maximum Gasteiger partial charge on any atom is 0.172 e. The number of halogens is 1. The van der Waals surface area contributed by atoms with E-state index in [0.29, 0.717) is 40.7 Å². The third-order valence-electron chi connectivity index (χ3n) is 3.89. The van der Waals surface area contributed by atoms with Gasteiger partial charge in [0.15, 0.2) is 5.75 Å². The molecule has 134 valence electrons. The third kappa shape index (κ3) is 4.65. The predicted molar refractivity (Wildman–Crippen MR) is 101 cm³/mol. The van der Waals surface area contributed by atoms with E-state index in [2.05, 4.69) is 27.7 Å². The van der Waals surface area contributed by atoms with Gasteiger partial charge < -0.3 is 10.1 Å². The second kappa shape index (κ2) is 8.37. The summed E-state index contributed by atoms with van der Waals surface area (Å²) in [7, 11) is 0. The quantitative estimate of drug-likeness (QED) is 0.671. The van der Waals surface area contributed by atoms with Gasteiger partial charge in [-0.1, -0.05) is 23.7 Å². The number of aromatic nitrogens is 2. The molecule has 3 aromatic rings. The zero-order valence-electron chi connectivity index (χ0n) is 14.6. The van der Waals surface area contributed by atoms with Crippen molar-refractivity contribution in [2.75, 3.05) is 0 Å². The largest absolute Gasteiger partial charge is 0.453 e. The summed E-state index contributed by atoms with van der Waals surface area (Å²) in [5.41, 5.74) is 3.63. The van der Waals surface area contributed by atoms with Gasteiger partial charge in [-0.05, 0) is 42.8 Å². The highest BCUT2D eigenvalue weighted by molar-refractivity contribution is 6.30. The molecule has 27 heavy (non-hydrogen) atoms. The van der Waals surface area contributed by atoms with E-state index in [4.69, 9.17) is 26.9 Å². The average Bonchev–Trinajstić information content (AvgIpc) is 3.01. The number of benzene rings is 2. The Balaban J connectivity index is 1.68. The lowest BCUT2D eigenvalue weighted by atomic mass is 10.1. The maximum atomic E-state index is 9.07. The summed E-state index contributed by atoms with van der Waals surface area (Å²) in [6, 6.07) is 16.4. The number of aromatic amines is 1. The second-order valence-electron chi connectivity index (χ2n) is 5.93. The van der Waals surface area contributed by atoms with Crippen molar-refractivity contribution in [3.05, 3.63) is 75.6 Å². The van der Waals surface area contributed by atoms with Crippen molar-refractivity contribution in [2.45, 2.75) is 20.0 Å². The van der Waals surface area contributed by atoms with Crippen LogP contribution in [0.3, 0.4) is 0 Å². The maximum absolute atomic E-state index is 9.07. The highest BCUT2D eigenvalue weighted by atomic mass is 35.5. The van der Waals surface area contributed by atoms with Gasteiger partial charge in [0, 0.05) is 18.1 Å². The van der Waals surface area contributed by atoms with Gasteiger partial charge in [-0.15, -0.1) is 0 Å². The van der Waals surface area contributed by atoms with Gasteiger partial charge in [0.2, 0.25) is 0 Å². The Hall–Kier alpha value is -3.32. The van der Waals surface area contributed by atoms with Crippen molar-refractivity contribution >= 4 is 11.6 Å². The Morgan fingerprint density at radius 3 is 2.52 bits per heavy atom. The first-order valence-corrected chi connectivity index (χ1v) is 8.59. The Kier molecular flexibility index (Phi) is 5.73. The van der Waals surface area contributed by atoms with Crippen LogP contribution in [0, 0.1) is 29.6 Å². The molecule has 0 amide bonds. The second-order valence-corrected chi connectivity index (χ2v) is 6.36. The van der Waals surface area contributed by atoms with Crippen LogP contribution < -0.4 is 10.1 Å². The normalized spacial score (nSPS) is 10.2. The summed E-state index contributed by atoms with van der Waals surface area (Å²) in [5.74, 6) is 1.09. The lowest BCUT2D eigenvalue weighted by Gasteiger charge is -2.09. The van der Waals surface area contributed by atoms with E-state index < -0.39 is 0 Å². The smallest absolute Gasteiger partial charge is 0.172 e. The van der Waals surface area contributed by atoms with E-state index in [0.717, 1.165) is 17.0 Å². The van der Waals surface area contributed by atoms with Crippen molar-refractivity contribution in [1.29, 1.82) is 10.5 Å². The summed E-state index contributed by atoms with van der Waals surface area (Å²) >= 11 is 6.03. The SMILES string of the molecule is Cc1[nH]nc(CNCc2ccc(C#N)cc2)c1Oc1cc(Cl)cc(C#N)c1. The summed E-state index contributed by atoms with van der Waals surface area (Å²) in [4.78, 5) is 0. The summed E-state index contributed by atoms with van der Waals surface area (Å²) in [6.45, 7) is 2.99. The number of nitrogens with zero attached hydrogens (tertiary/aromatic N) is 3. The predicted octanol–water partition coefficient (Wildman–Crippen LogP) is 4.20. The van der Waals surface area contributed by atoms with E-state index in [-0.39, 0.29) is 0 Å². The minimum atomic E-state index is 0.430. The molecule has 0 unspecified atom stereocenters. The minimum absolute atomic E-state index is 0.430. The van der Waals surface area contributed by atoms with Crippen LogP contribution in [0.5, 0.6) is 11.5 Å². The number of nitriles is 2. The molecule has 0 aliphatic rings. The van der Waals surface area contributed by atoms with Crippen LogP contribution in [-0.4, -0.2) is 10.2 Å². The fourth-order valence-electron chi connectivity index (χ4n) is 2.55. The van der Waals surface area contributed by atoms with Gasteiger partial charge >= 0.3 is 0 Å². The zero-order chi connectivity index (χ0) is 19.2. The molecule has 0 spiro atoms. The summed E-state index contributed by atoms with van der Waals surface area (Å²) < 4.78 is 5.93. The standard InChI is InChI=1S/C20H16ClN5O/c1-13-20(27-18-7-16(10-23)6-17(21)8-18)19(26-25-13)12-24-11-15-4-2-14(9-22)3-5-15/h2-8,24H,11-12H2,1H3,(H,25,26). The van der Waals surface area contributed by atoms with Crippen LogP contribution in [0.2, 0.25) is 5.02 Å². The molecular weight excluding hydrogens is 362 g/mol. The number of aryl methyl sites for hydroxylation is 1. The van der Waals surface area contributed by atoms with Crippen molar-refractivity contribution in [3.8, 4) is 23.6 Å². The van der Waals surface area contributed by atoms with E-state index in [9.17, 15) is 0 Å². The Morgan fingerprint density at radius 2 is 1.81 bits per heavy atom. The van der Waals surface area contributed by atoms with Gasteiger partial charge in [-0.25, -0.2) is 0 Å². The molecule has 0 fully saturated rings. The fraction of sp³-hybridized carbons (Fsp3) is 0.150. The topological polar surface area (TPSA) is 97.5 Å². The molecule has 0 saturated heterocycles. The lowest BCUT2D eigenvalue weighted by Crippen LogP contribution is -2.13. The van der Waals surface area contributed by atoms with Crippen molar-refractivity contribution in [2.24, 2.45) is 0 Å². The highest BCUT2D eigenvalue weighted by Crippen LogP contribution is 2.30. The summed E-state index contributed by atoms with van der Waals surface area (Å²) in [5, 5.41) is 28.8. The molecule has 0 saturated carbocycles. The number of H-pyrrole nitrogens is 1. The molecule has 2 aromatic carbocycles. The molecule has 1 aromatic heterocycles. The fourth-order valence-corrected chi connectivity index (χ4v) is 2.78. The van der Waals surface area contributed by atoms with E-state index in [1.165, 1.54) is 0 Å². The number of hydrogen-bond donors (Lipinski definition) is 2. The molecule has 3 rings (SSSR count). The van der Waals surface area contributed by atoms with Gasteiger partial charge in [-0.2, -0.15) is 15.6 Å². The van der Waals surface area contributed by atoms with E-state index in [1.54, 1.807) is 30.3 Å². The van der Waals surface area contributed by atoms with Crippen LogP contribution in [0.25, 0.3) is 0 Å². The molecule has 0 bridgehead atoms. The number of ether oxygens (including phenoxy) is 1. The molecule has 0 aliphatic heterocycles.